The number of nitrogens with zero attached hydrogens (tertiary/aromatic N) is 3. The number of aromatic nitrogens is 1. The van der Waals surface area contributed by atoms with Gasteiger partial charge in [-0.1, -0.05) is 43.2 Å². The van der Waals surface area contributed by atoms with Gasteiger partial charge in [-0.3, -0.25) is 14.3 Å². The lowest BCUT2D eigenvalue weighted by Gasteiger charge is -2.46. The predicted octanol–water partition coefficient (Wildman–Crippen LogP) is 7.13. The summed E-state index contributed by atoms with van der Waals surface area (Å²) < 4.78 is 42.2. The number of benzene rings is 2. The first kappa shape index (κ1) is 36.3. The summed E-state index contributed by atoms with van der Waals surface area (Å²) in [5, 5.41) is 0.743. The van der Waals surface area contributed by atoms with E-state index in [1.54, 1.807) is 25.4 Å². The average molecular weight is 761 g/mol. The van der Waals surface area contributed by atoms with Crippen LogP contribution < -0.4 is 14.4 Å². The van der Waals surface area contributed by atoms with Crippen molar-refractivity contribution in [1.82, 2.24) is 9.29 Å². The zero-order valence-corrected chi connectivity index (χ0v) is 32.1. The van der Waals surface area contributed by atoms with Crippen molar-refractivity contribution >= 4 is 39.0 Å². The fourth-order valence-corrected chi connectivity index (χ4v) is 11.3. The Morgan fingerprint density at radius 2 is 2.08 bits per heavy atom. The smallest absolute Gasteiger partial charge is 0.286 e. The molecule has 5 aliphatic rings. The maximum atomic E-state index is 14.8. The molecule has 2 amide bonds. The van der Waals surface area contributed by atoms with Crippen molar-refractivity contribution in [1.29, 1.82) is 0 Å². The second kappa shape index (κ2) is 14.9. The molecule has 0 saturated heterocycles. The molecule has 53 heavy (non-hydrogen) atoms. The number of amides is 2. The summed E-state index contributed by atoms with van der Waals surface area (Å²) in [6, 6.07) is 13.4. The molecule has 1 aromatic heterocycles. The summed E-state index contributed by atoms with van der Waals surface area (Å²) >= 11 is 6.47. The van der Waals surface area contributed by atoms with Crippen LogP contribution in [0.5, 0.6) is 5.75 Å². The van der Waals surface area contributed by atoms with Crippen LogP contribution in [0, 0.1) is 17.8 Å². The normalized spacial score (nSPS) is 30.4. The minimum atomic E-state index is -3.54. The van der Waals surface area contributed by atoms with E-state index in [0.717, 1.165) is 61.6 Å². The van der Waals surface area contributed by atoms with E-state index in [9.17, 15) is 13.8 Å². The molecule has 6 atom stereocenters. The van der Waals surface area contributed by atoms with Crippen molar-refractivity contribution in [2.75, 3.05) is 44.1 Å². The van der Waals surface area contributed by atoms with E-state index >= 15 is 0 Å². The Labute approximate surface area is 317 Å². The number of halogens is 1. The number of nitrogens with one attached hydrogen (secondary N) is 1. The average Bonchev–Trinajstić information content (AvgIpc) is 3.52. The summed E-state index contributed by atoms with van der Waals surface area (Å²) in [6.07, 6.45) is 12.4. The van der Waals surface area contributed by atoms with Crippen LogP contribution in [0.3, 0.4) is 0 Å². The molecule has 8 rings (SSSR count). The second-order valence-corrected chi connectivity index (χ2v) is 18.0. The van der Waals surface area contributed by atoms with Gasteiger partial charge in [0.05, 0.1) is 42.9 Å². The van der Waals surface area contributed by atoms with Crippen LogP contribution in [0.4, 0.5) is 5.69 Å². The lowest BCUT2D eigenvalue weighted by molar-refractivity contribution is 0.0131. The lowest BCUT2D eigenvalue weighted by Crippen LogP contribution is -2.49. The van der Waals surface area contributed by atoms with Crippen LogP contribution >= 0.6 is 11.6 Å². The summed E-state index contributed by atoms with van der Waals surface area (Å²) in [4.78, 5) is 30.2. The van der Waals surface area contributed by atoms with Crippen LogP contribution in [0.25, 0.3) is 0 Å². The Bertz CT molecular complexity index is 2030. The molecule has 1 spiro atoms. The lowest BCUT2D eigenvalue weighted by atomic mass is 9.68. The molecule has 4 heterocycles. The number of anilines is 1. The first-order valence-corrected chi connectivity index (χ1v) is 21.1. The highest BCUT2D eigenvalue weighted by atomic mass is 35.5. The Balaban J connectivity index is 1.19. The molecule has 1 fully saturated rings. The number of rotatable bonds is 4. The molecule has 282 valence electrons. The maximum Gasteiger partial charge on any atom is 0.286 e. The molecule has 1 N–H and O–H groups in total. The van der Waals surface area contributed by atoms with Crippen LogP contribution in [0.1, 0.15) is 83.0 Å². The molecule has 12 heteroatoms. The SMILES string of the molecule is CC[C@H]1C/C=C/[C@H](OC)[C@@H]2CC[C@H]2CN2C[C@@]3(CCCc4cc(Cl)ccc43)COc3ccc(cc32)C(=O)N=S(=O)(NC(=O)c2cc3n(c2)CCOC3)C1. The Morgan fingerprint density at radius 1 is 1.19 bits per heavy atom. The number of ether oxygens (including phenoxy) is 3. The zero-order valence-electron chi connectivity index (χ0n) is 30.6. The highest BCUT2D eigenvalue weighted by molar-refractivity contribution is 7.92. The third kappa shape index (κ3) is 7.30. The van der Waals surface area contributed by atoms with E-state index < -0.39 is 21.7 Å². The van der Waals surface area contributed by atoms with Gasteiger partial charge in [0.15, 0.2) is 0 Å². The number of carbonyl (C=O) groups excluding carboxylic acids is 2. The van der Waals surface area contributed by atoms with E-state index in [-0.39, 0.29) is 23.2 Å². The molecule has 1 saturated carbocycles. The van der Waals surface area contributed by atoms with E-state index in [0.29, 0.717) is 67.9 Å². The zero-order chi connectivity index (χ0) is 36.7. The standard InChI is InChI=1S/C41H49ClN4O6S/c1-3-27-6-4-8-37(50-2)34-12-9-30(34)21-46-25-41(15-5-7-28-18-32(42)11-13-35(28)41)26-52-38-14-10-29(20-36(38)46)39(47)43-53(49,24-27)44-40(48)31-19-33-23-51-17-16-45(33)22-31/h4,8,10-11,13-14,18-20,22,27,30,34,37H,3,5-7,9,12,15-17,21,23-26H2,1-2H3,(H,43,44,47,48,49)/b8-4+/t27-,30-,34+,37-,41-,53?/m0/s1. The van der Waals surface area contributed by atoms with Crippen molar-refractivity contribution < 1.29 is 28.0 Å². The Hall–Kier alpha value is -3.64. The van der Waals surface area contributed by atoms with E-state index in [1.165, 1.54) is 11.1 Å². The van der Waals surface area contributed by atoms with E-state index in [2.05, 4.69) is 38.3 Å². The van der Waals surface area contributed by atoms with Crippen LogP contribution in [-0.2, 0) is 44.4 Å². The minimum Gasteiger partial charge on any atom is -0.490 e. The number of hydrogen-bond donors (Lipinski definition) is 1. The quantitative estimate of drug-likeness (QED) is 0.282. The van der Waals surface area contributed by atoms with Gasteiger partial charge in [0.25, 0.3) is 11.8 Å². The number of carbonyl (C=O) groups is 2. The van der Waals surface area contributed by atoms with Gasteiger partial charge in [-0.2, -0.15) is 0 Å². The van der Waals surface area contributed by atoms with Crippen LogP contribution in [0.15, 0.2) is 65.2 Å². The predicted molar refractivity (Wildman–Crippen MR) is 206 cm³/mol. The molecule has 3 aromatic rings. The molecular weight excluding hydrogens is 712 g/mol. The molecule has 1 unspecified atom stereocenters. The fraction of sp³-hybridized carbons (Fsp3) is 0.512. The van der Waals surface area contributed by atoms with Gasteiger partial charge < -0.3 is 23.7 Å². The third-order valence-corrected chi connectivity index (χ3v) is 14.3. The molecule has 0 radical (unpaired) electrons. The van der Waals surface area contributed by atoms with Gasteiger partial charge in [0.1, 0.15) is 15.7 Å². The summed E-state index contributed by atoms with van der Waals surface area (Å²) in [5.41, 5.74) is 4.67. The summed E-state index contributed by atoms with van der Waals surface area (Å²) in [6.45, 7) is 5.64. The van der Waals surface area contributed by atoms with E-state index in [4.69, 9.17) is 25.8 Å². The third-order valence-electron chi connectivity index (χ3n) is 12.2. The number of methoxy groups -OCH3 is 1. The Morgan fingerprint density at radius 3 is 2.87 bits per heavy atom. The Kier molecular flexibility index (Phi) is 10.2. The number of hydrogen-bond acceptors (Lipinski definition) is 7. The first-order valence-electron chi connectivity index (χ1n) is 19.0. The highest BCUT2D eigenvalue weighted by Crippen LogP contribution is 2.47. The van der Waals surface area contributed by atoms with Crippen LogP contribution in [-0.4, -0.2) is 65.9 Å². The minimum absolute atomic E-state index is 0.0395. The van der Waals surface area contributed by atoms with Gasteiger partial charge in [0.2, 0.25) is 0 Å². The molecule has 3 aliphatic heterocycles. The van der Waals surface area contributed by atoms with Crippen molar-refractivity contribution in [2.24, 2.45) is 22.1 Å². The van der Waals surface area contributed by atoms with Gasteiger partial charge in [-0.25, -0.2) is 4.21 Å². The molecular formula is C41H49ClN4O6S. The van der Waals surface area contributed by atoms with Crippen molar-refractivity contribution in [2.45, 2.75) is 76.5 Å². The van der Waals surface area contributed by atoms with Gasteiger partial charge >= 0.3 is 0 Å². The maximum absolute atomic E-state index is 14.8. The molecule has 2 aliphatic carbocycles. The molecule has 2 bridgehead atoms. The second-order valence-electron chi connectivity index (χ2n) is 15.5. The van der Waals surface area contributed by atoms with Crippen LogP contribution in [0.2, 0.25) is 5.02 Å². The van der Waals surface area contributed by atoms with Crippen molar-refractivity contribution in [3.8, 4) is 5.75 Å². The van der Waals surface area contributed by atoms with Crippen molar-refractivity contribution in [3.63, 3.8) is 0 Å². The van der Waals surface area contributed by atoms with Crippen molar-refractivity contribution in [3.05, 3.63) is 93.8 Å². The highest BCUT2D eigenvalue weighted by Gasteiger charge is 2.44. The molecule has 2 aromatic carbocycles. The van der Waals surface area contributed by atoms with Gasteiger partial charge in [-0.05, 0) is 104 Å². The number of allylic oxidation sites excluding steroid dienone is 1. The fourth-order valence-electron chi connectivity index (χ4n) is 9.10. The summed E-state index contributed by atoms with van der Waals surface area (Å²) in [5.74, 6) is 0.239. The van der Waals surface area contributed by atoms with Gasteiger partial charge in [-0.15, -0.1) is 4.36 Å². The number of aryl methyl sites for hydroxylation is 1. The monoisotopic (exact) mass is 760 g/mol. The van der Waals surface area contributed by atoms with Gasteiger partial charge in [0, 0.05) is 54.6 Å². The first-order chi connectivity index (χ1) is 25.7. The largest absolute Gasteiger partial charge is 0.490 e. The molecule has 10 nitrogen and oxygen atoms in total. The van der Waals surface area contributed by atoms with E-state index in [1.807, 2.05) is 29.7 Å². The summed E-state index contributed by atoms with van der Waals surface area (Å²) in [7, 11) is -1.76. The number of fused-ring (bicyclic) bond motifs is 5. The topological polar surface area (TPSA) is 111 Å².